The zero-order valence-corrected chi connectivity index (χ0v) is 11.5. The molecule has 4 nitrogen and oxygen atoms in total. The second-order valence-corrected chi connectivity index (χ2v) is 5.24. The maximum atomic E-state index is 5.34. The van der Waals surface area contributed by atoms with Gasteiger partial charge in [0.25, 0.3) is 0 Å². The Morgan fingerprint density at radius 2 is 2.06 bits per heavy atom. The van der Waals surface area contributed by atoms with Crippen molar-refractivity contribution < 1.29 is 0 Å². The van der Waals surface area contributed by atoms with Gasteiger partial charge in [-0.1, -0.05) is 29.0 Å². The lowest BCUT2D eigenvalue weighted by Crippen LogP contribution is -2.21. The lowest BCUT2D eigenvalue weighted by atomic mass is 10.2. The van der Waals surface area contributed by atoms with Gasteiger partial charge in [-0.05, 0) is 26.0 Å². The molecule has 18 heavy (non-hydrogen) atoms. The number of nitrogen functional groups attached to an aromatic ring is 1. The Kier molecular flexibility index (Phi) is 4.17. The van der Waals surface area contributed by atoms with E-state index in [-0.39, 0.29) is 0 Å². The number of nitrogens with two attached hydrogens (primary N) is 1. The van der Waals surface area contributed by atoms with Crippen molar-refractivity contribution in [3.63, 3.8) is 0 Å². The number of nitrogens with one attached hydrogen (secondary N) is 1. The van der Waals surface area contributed by atoms with E-state index in [4.69, 9.17) is 5.84 Å². The van der Waals surface area contributed by atoms with Gasteiger partial charge in [0.05, 0.1) is 6.54 Å². The Labute approximate surface area is 111 Å². The molecule has 96 valence electrons. The van der Waals surface area contributed by atoms with Crippen LogP contribution in [0.3, 0.4) is 0 Å². The molecule has 0 atom stereocenters. The molecule has 5 heteroatoms. The third kappa shape index (κ3) is 3.00. The first-order chi connectivity index (χ1) is 8.72. The van der Waals surface area contributed by atoms with Crippen molar-refractivity contribution in [1.82, 2.24) is 4.98 Å². The van der Waals surface area contributed by atoms with E-state index >= 15 is 0 Å². The summed E-state index contributed by atoms with van der Waals surface area (Å²) >= 11 is 1.59. The van der Waals surface area contributed by atoms with Crippen LogP contribution in [0, 0.1) is 6.92 Å². The van der Waals surface area contributed by atoms with Gasteiger partial charge >= 0.3 is 0 Å². The van der Waals surface area contributed by atoms with Crippen molar-refractivity contribution in [3.05, 3.63) is 40.9 Å². The standard InChI is InChI=1S/C13H18N4S/c1-3-17(11-6-4-10(2)5-7-11)9-12-8-15-13(16-14)18-12/h4-8H,3,9,14H2,1-2H3,(H,15,16). The highest BCUT2D eigenvalue weighted by atomic mass is 32.1. The summed E-state index contributed by atoms with van der Waals surface area (Å²) in [4.78, 5) is 7.70. The van der Waals surface area contributed by atoms with Crippen molar-refractivity contribution in [2.75, 3.05) is 16.9 Å². The summed E-state index contributed by atoms with van der Waals surface area (Å²) in [7, 11) is 0. The summed E-state index contributed by atoms with van der Waals surface area (Å²) < 4.78 is 0. The quantitative estimate of drug-likeness (QED) is 0.642. The molecule has 0 unspecified atom stereocenters. The van der Waals surface area contributed by atoms with Crippen molar-refractivity contribution in [2.45, 2.75) is 20.4 Å². The van der Waals surface area contributed by atoms with Gasteiger partial charge in [0.2, 0.25) is 0 Å². The lowest BCUT2D eigenvalue weighted by molar-refractivity contribution is 0.840. The molecule has 0 saturated heterocycles. The predicted octanol–water partition coefficient (Wildman–Crippen LogP) is 2.76. The summed E-state index contributed by atoms with van der Waals surface area (Å²) in [5.41, 5.74) is 5.09. The highest BCUT2D eigenvalue weighted by Gasteiger charge is 2.07. The van der Waals surface area contributed by atoms with Crippen molar-refractivity contribution in [1.29, 1.82) is 0 Å². The van der Waals surface area contributed by atoms with Crippen LogP contribution in [-0.2, 0) is 6.54 Å². The number of hydrogen-bond acceptors (Lipinski definition) is 5. The van der Waals surface area contributed by atoms with Crippen LogP contribution in [-0.4, -0.2) is 11.5 Å². The van der Waals surface area contributed by atoms with Gasteiger partial charge in [-0.25, -0.2) is 10.8 Å². The molecule has 0 fully saturated rings. The Bertz CT molecular complexity index is 492. The normalized spacial score (nSPS) is 10.4. The highest BCUT2D eigenvalue weighted by molar-refractivity contribution is 7.15. The number of thiazole rings is 1. The van der Waals surface area contributed by atoms with Gasteiger partial charge in [-0.2, -0.15) is 0 Å². The summed E-state index contributed by atoms with van der Waals surface area (Å²) in [6.07, 6.45) is 1.87. The van der Waals surface area contributed by atoms with Crippen LogP contribution in [0.25, 0.3) is 0 Å². The Hall–Kier alpha value is -1.59. The van der Waals surface area contributed by atoms with Gasteiger partial charge in [0.15, 0.2) is 5.13 Å². The van der Waals surface area contributed by atoms with Crippen molar-refractivity contribution in [3.8, 4) is 0 Å². The second-order valence-electron chi connectivity index (χ2n) is 4.13. The smallest absolute Gasteiger partial charge is 0.197 e. The average Bonchev–Trinajstić information content (AvgIpc) is 2.85. The number of aryl methyl sites for hydroxylation is 1. The molecule has 0 spiro atoms. The van der Waals surface area contributed by atoms with Gasteiger partial charge < -0.3 is 4.90 Å². The average molecular weight is 262 g/mol. The van der Waals surface area contributed by atoms with Crippen LogP contribution in [0.4, 0.5) is 10.8 Å². The van der Waals surface area contributed by atoms with E-state index in [1.54, 1.807) is 11.3 Å². The molecular formula is C13H18N4S. The molecule has 2 rings (SSSR count). The second kappa shape index (κ2) is 5.84. The third-order valence-electron chi connectivity index (χ3n) is 2.80. The van der Waals surface area contributed by atoms with Crippen LogP contribution >= 0.6 is 11.3 Å². The molecule has 0 bridgehead atoms. The van der Waals surface area contributed by atoms with E-state index in [0.29, 0.717) is 0 Å². The number of hydrogen-bond donors (Lipinski definition) is 2. The third-order valence-corrected chi connectivity index (χ3v) is 3.72. The van der Waals surface area contributed by atoms with Crippen LogP contribution in [0.15, 0.2) is 30.5 Å². The molecule has 0 aliphatic carbocycles. The van der Waals surface area contributed by atoms with Gasteiger partial charge in [-0.3, -0.25) is 5.43 Å². The first kappa shape index (κ1) is 12.9. The van der Waals surface area contributed by atoms with Crippen LogP contribution in [0.5, 0.6) is 0 Å². The van der Waals surface area contributed by atoms with Crippen molar-refractivity contribution >= 4 is 22.2 Å². The summed E-state index contributed by atoms with van der Waals surface area (Å²) in [6, 6.07) is 8.58. The van der Waals surface area contributed by atoms with E-state index < -0.39 is 0 Å². The van der Waals surface area contributed by atoms with Crippen LogP contribution < -0.4 is 16.2 Å². The lowest BCUT2D eigenvalue weighted by Gasteiger charge is -2.22. The molecule has 0 saturated carbocycles. The molecule has 2 aromatic rings. The van der Waals surface area contributed by atoms with Crippen molar-refractivity contribution in [2.24, 2.45) is 5.84 Å². The Morgan fingerprint density at radius 3 is 2.61 bits per heavy atom. The fraction of sp³-hybridized carbons (Fsp3) is 0.308. The minimum absolute atomic E-state index is 0.755. The maximum absolute atomic E-state index is 5.34. The number of rotatable bonds is 5. The molecule has 1 heterocycles. The highest BCUT2D eigenvalue weighted by Crippen LogP contribution is 2.22. The van der Waals surface area contributed by atoms with E-state index in [0.717, 1.165) is 18.2 Å². The molecule has 1 aromatic heterocycles. The van der Waals surface area contributed by atoms with Gasteiger partial charge in [0, 0.05) is 23.3 Å². The van der Waals surface area contributed by atoms with E-state index in [2.05, 4.69) is 53.4 Å². The fourth-order valence-corrected chi connectivity index (χ4v) is 2.52. The Morgan fingerprint density at radius 1 is 1.33 bits per heavy atom. The summed E-state index contributed by atoms with van der Waals surface area (Å²) in [5.74, 6) is 5.34. The first-order valence-corrected chi connectivity index (χ1v) is 6.77. The minimum atomic E-state index is 0.755. The number of hydrazine groups is 1. The van der Waals surface area contributed by atoms with Crippen LogP contribution in [0.2, 0.25) is 0 Å². The number of nitrogens with zero attached hydrogens (tertiary/aromatic N) is 2. The molecule has 0 aliphatic heterocycles. The summed E-state index contributed by atoms with van der Waals surface area (Å²) in [5, 5.41) is 0.755. The number of aromatic nitrogens is 1. The monoisotopic (exact) mass is 262 g/mol. The van der Waals surface area contributed by atoms with E-state index in [1.807, 2.05) is 6.20 Å². The van der Waals surface area contributed by atoms with E-state index in [9.17, 15) is 0 Å². The zero-order valence-electron chi connectivity index (χ0n) is 10.7. The fourth-order valence-electron chi connectivity index (χ4n) is 1.78. The van der Waals surface area contributed by atoms with Gasteiger partial charge in [0.1, 0.15) is 0 Å². The zero-order chi connectivity index (χ0) is 13.0. The predicted molar refractivity (Wildman–Crippen MR) is 77.8 cm³/mol. The Balaban J connectivity index is 2.11. The largest absolute Gasteiger partial charge is 0.367 e. The first-order valence-electron chi connectivity index (χ1n) is 5.96. The topological polar surface area (TPSA) is 54.2 Å². The maximum Gasteiger partial charge on any atom is 0.197 e. The van der Waals surface area contributed by atoms with Gasteiger partial charge in [-0.15, -0.1) is 0 Å². The van der Waals surface area contributed by atoms with Crippen LogP contribution in [0.1, 0.15) is 17.4 Å². The molecule has 0 radical (unpaired) electrons. The number of benzene rings is 1. The molecule has 0 amide bonds. The summed E-state index contributed by atoms with van der Waals surface area (Å²) in [6.45, 7) is 6.08. The molecule has 0 aliphatic rings. The van der Waals surface area contributed by atoms with E-state index in [1.165, 1.54) is 16.1 Å². The molecule has 3 N–H and O–H groups in total. The molecular weight excluding hydrogens is 244 g/mol. The molecule has 1 aromatic carbocycles. The number of anilines is 2. The minimum Gasteiger partial charge on any atom is -0.367 e. The SMILES string of the molecule is CCN(Cc1cnc(NN)s1)c1ccc(C)cc1.